The Kier molecular flexibility index (Phi) is 4.09. The SMILES string of the molecule is CC1=C(C)C(=O)N(CC(C)(C)CCCO)C1=O. The zero-order valence-electron chi connectivity index (χ0n) is 11.0. The van der Waals surface area contributed by atoms with Gasteiger partial charge in [-0.15, -0.1) is 0 Å². The molecule has 0 unspecified atom stereocenters. The topological polar surface area (TPSA) is 57.6 Å². The lowest BCUT2D eigenvalue weighted by atomic mass is 9.87. The fourth-order valence-electron chi connectivity index (χ4n) is 2.03. The fourth-order valence-corrected chi connectivity index (χ4v) is 2.03. The van der Waals surface area contributed by atoms with Gasteiger partial charge >= 0.3 is 0 Å². The first kappa shape index (κ1) is 13.9. The number of hydrogen-bond donors (Lipinski definition) is 1. The highest BCUT2D eigenvalue weighted by molar-refractivity contribution is 6.18. The highest BCUT2D eigenvalue weighted by Crippen LogP contribution is 2.28. The van der Waals surface area contributed by atoms with Crippen LogP contribution in [0.4, 0.5) is 0 Å². The molecule has 0 saturated carbocycles. The van der Waals surface area contributed by atoms with E-state index in [-0.39, 0.29) is 23.8 Å². The number of aliphatic hydroxyl groups excluding tert-OH is 1. The Labute approximate surface area is 102 Å². The molecule has 17 heavy (non-hydrogen) atoms. The minimum Gasteiger partial charge on any atom is -0.396 e. The van der Waals surface area contributed by atoms with Gasteiger partial charge in [0.1, 0.15) is 0 Å². The number of rotatable bonds is 5. The highest BCUT2D eigenvalue weighted by Gasteiger charge is 2.36. The average molecular weight is 239 g/mol. The maximum Gasteiger partial charge on any atom is 0.256 e. The Hall–Kier alpha value is -1.16. The van der Waals surface area contributed by atoms with Crippen LogP contribution in [0.5, 0.6) is 0 Å². The van der Waals surface area contributed by atoms with Gasteiger partial charge in [0.05, 0.1) is 0 Å². The van der Waals surface area contributed by atoms with Crippen molar-refractivity contribution in [1.82, 2.24) is 4.90 Å². The molecule has 0 saturated heterocycles. The van der Waals surface area contributed by atoms with Crippen LogP contribution < -0.4 is 0 Å². The van der Waals surface area contributed by atoms with Crippen molar-refractivity contribution < 1.29 is 14.7 Å². The molecular formula is C13H21NO3. The smallest absolute Gasteiger partial charge is 0.256 e. The minimum absolute atomic E-state index is 0.141. The van der Waals surface area contributed by atoms with Crippen LogP contribution in [0, 0.1) is 5.41 Å². The first-order valence-electron chi connectivity index (χ1n) is 5.95. The van der Waals surface area contributed by atoms with Crippen molar-refractivity contribution in [3.63, 3.8) is 0 Å². The van der Waals surface area contributed by atoms with E-state index in [0.717, 1.165) is 6.42 Å². The predicted octanol–water partition coefficient (Wildman–Crippen LogP) is 1.49. The van der Waals surface area contributed by atoms with Crippen LogP contribution in [0.2, 0.25) is 0 Å². The molecule has 1 rings (SSSR count). The summed E-state index contributed by atoms with van der Waals surface area (Å²) < 4.78 is 0. The largest absolute Gasteiger partial charge is 0.396 e. The normalized spacial score (nSPS) is 17.4. The van der Waals surface area contributed by atoms with Gasteiger partial charge in [0.2, 0.25) is 0 Å². The first-order chi connectivity index (χ1) is 7.80. The molecule has 0 spiro atoms. The van der Waals surface area contributed by atoms with Crippen molar-refractivity contribution >= 4 is 11.8 Å². The number of carbonyl (C=O) groups is 2. The van der Waals surface area contributed by atoms with E-state index < -0.39 is 0 Å². The van der Waals surface area contributed by atoms with Gasteiger partial charge in [-0.1, -0.05) is 13.8 Å². The molecule has 1 aliphatic heterocycles. The van der Waals surface area contributed by atoms with Crippen LogP contribution in [0.1, 0.15) is 40.5 Å². The lowest BCUT2D eigenvalue weighted by molar-refractivity contribution is -0.139. The second-order valence-electron chi connectivity index (χ2n) is 5.44. The average Bonchev–Trinajstić information content (AvgIpc) is 2.44. The van der Waals surface area contributed by atoms with Crippen molar-refractivity contribution in [2.45, 2.75) is 40.5 Å². The Morgan fingerprint density at radius 2 is 1.59 bits per heavy atom. The highest BCUT2D eigenvalue weighted by atomic mass is 16.3. The fraction of sp³-hybridized carbons (Fsp3) is 0.692. The summed E-state index contributed by atoms with van der Waals surface area (Å²) in [6.45, 7) is 7.95. The molecule has 0 aromatic heterocycles. The van der Waals surface area contributed by atoms with Crippen molar-refractivity contribution in [1.29, 1.82) is 0 Å². The predicted molar refractivity (Wildman–Crippen MR) is 65.2 cm³/mol. The van der Waals surface area contributed by atoms with Gasteiger partial charge in [0.15, 0.2) is 0 Å². The molecule has 0 aliphatic carbocycles. The van der Waals surface area contributed by atoms with Gasteiger partial charge in [-0.2, -0.15) is 0 Å². The third-order valence-corrected chi connectivity index (χ3v) is 3.29. The molecule has 1 N–H and O–H groups in total. The molecule has 4 nitrogen and oxygen atoms in total. The number of carbonyl (C=O) groups excluding carboxylic acids is 2. The van der Waals surface area contributed by atoms with Crippen molar-refractivity contribution in [2.75, 3.05) is 13.2 Å². The summed E-state index contributed by atoms with van der Waals surface area (Å²) in [6.07, 6.45) is 1.48. The molecule has 0 aromatic rings. The molecule has 1 heterocycles. The number of nitrogens with zero attached hydrogens (tertiary/aromatic N) is 1. The maximum absolute atomic E-state index is 11.9. The molecule has 2 amide bonds. The number of imide groups is 1. The third-order valence-electron chi connectivity index (χ3n) is 3.29. The lowest BCUT2D eigenvalue weighted by Crippen LogP contribution is -2.39. The van der Waals surface area contributed by atoms with E-state index >= 15 is 0 Å². The summed E-state index contributed by atoms with van der Waals surface area (Å²) in [4.78, 5) is 25.1. The van der Waals surface area contributed by atoms with Crippen LogP contribution in [0.15, 0.2) is 11.1 Å². The van der Waals surface area contributed by atoms with Gasteiger partial charge in [-0.05, 0) is 32.1 Å². The van der Waals surface area contributed by atoms with Crippen molar-refractivity contribution in [3.05, 3.63) is 11.1 Å². The van der Waals surface area contributed by atoms with Crippen molar-refractivity contribution in [3.8, 4) is 0 Å². The second-order valence-corrected chi connectivity index (χ2v) is 5.44. The lowest BCUT2D eigenvalue weighted by Gasteiger charge is -2.29. The van der Waals surface area contributed by atoms with E-state index in [1.807, 2.05) is 13.8 Å². The third kappa shape index (κ3) is 2.94. The summed E-state index contributed by atoms with van der Waals surface area (Å²) >= 11 is 0. The monoisotopic (exact) mass is 239 g/mol. The zero-order chi connectivity index (χ0) is 13.2. The second kappa shape index (κ2) is 5.00. The van der Waals surface area contributed by atoms with Crippen LogP contribution >= 0.6 is 0 Å². The number of hydrogen-bond acceptors (Lipinski definition) is 3. The van der Waals surface area contributed by atoms with E-state index in [1.165, 1.54) is 4.90 Å². The van der Waals surface area contributed by atoms with E-state index in [0.29, 0.717) is 24.1 Å². The number of amides is 2. The van der Waals surface area contributed by atoms with E-state index in [1.54, 1.807) is 13.8 Å². The zero-order valence-corrected chi connectivity index (χ0v) is 11.0. The molecular weight excluding hydrogens is 218 g/mol. The Morgan fingerprint density at radius 1 is 1.12 bits per heavy atom. The van der Waals surface area contributed by atoms with Crippen LogP contribution in [-0.4, -0.2) is 35.0 Å². The first-order valence-corrected chi connectivity index (χ1v) is 5.95. The van der Waals surface area contributed by atoms with Gasteiger partial charge in [-0.25, -0.2) is 0 Å². The van der Waals surface area contributed by atoms with Gasteiger partial charge < -0.3 is 5.11 Å². The minimum atomic E-state index is -0.176. The standard InChI is InChI=1S/C13H21NO3/c1-9-10(2)12(17)14(11(9)16)8-13(3,4)6-5-7-15/h15H,5-8H2,1-4H3. The summed E-state index contributed by atoms with van der Waals surface area (Å²) in [6, 6.07) is 0. The molecule has 0 fully saturated rings. The Bertz CT molecular complexity index is 345. The molecule has 0 aromatic carbocycles. The Morgan fingerprint density at radius 3 is 2.00 bits per heavy atom. The van der Waals surface area contributed by atoms with Gasteiger partial charge in [-0.3, -0.25) is 14.5 Å². The molecule has 0 atom stereocenters. The van der Waals surface area contributed by atoms with Gasteiger partial charge in [0.25, 0.3) is 11.8 Å². The van der Waals surface area contributed by atoms with E-state index in [4.69, 9.17) is 5.11 Å². The molecule has 1 aliphatic rings. The van der Waals surface area contributed by atoms with Crippen LogP contribution in [0.25, 0.3) is 0 Å². The molecule has 96 valence electrons. The maximum atomic E-state index is 11.9. The summed E-state index contributed by atoms with van der Waals surface area (Å²) in [5.74, 6) is -0.353. The molecule has 0 radical (unpaired) electrons. The number of aliphatic hydroxyl groups is 1. The quantitative estimate of drug-likeness (QED) is 0.739. The van der Waals surface area contributed by atoms with Crippen LogP contribution in [0.3, 0.4) is 0 Å². The summed E-state index contributed by atoms with van der Waals surface area (Å²) in [7, 11) is 0. The summed E-state index contributed by atoms with van der Waals surface area (Å²) in [5, 5.41) is 8.82. The van der Waals surface area contributed by atoms with Gasteiger partial charge in [0, 0.05) is 24.3 Å². The summed E-state index contributed by atoms with van der Waals surface area (Å²) in [5.41, 5.74) is 0.944. The molecule has 0 bridgehead atoms. The van der Waals surface area contributed by atoms with Crippen LogP contribution in [-0.2, 0) is 9.59 Å². The molecule has 4 heteroatoms. The Balaban J connectivity index is 2.72. The van der Waals surface area contributed by atoms with E-state index in [2.05, 4.69) is 0 Å². The van der Waals surface area contributed by atoms with E-state index in [9.17, 15) is 9.59 Å². The van der Waals surface area contributed by atoms with Crippen molar-refractivity contribution in [2.24, 2.45) is 5.41 Å².